The van der Waals surface area contributed by atoms with Gasteiger partial charge in [0, 0.05) is 10.5 Å². The topological polar surface area (TPSA) is 40.1 Å². The number of carboxylic acid groups (broad SMARTS) is 1. The maximum Gasteiger partial charge on any atom is 0.123 e. The fourth-order valence-electron chi connectivity index (χ4n) is 1.39. The van der Waals surface area contributed by atoms with Gasteiger partial charge >= 0.3 is 0 Å². The normalized spacial score (nSPS) is 11.5. The first kappa shape index (κ1) is 11.5. The number of benzene rings is 1. The van der Waals surface area contributed by atoms with E-state index in [-0.39, 0.29) is 11.4 Å². The molecule has 0 aliphatic carbocycles. The van der Waals surface area contributed by atoms with Crippen LogP contribution in [0.2, 0.25) is 0 Å². The molecule has 0 bridgehead atoms. The van der Waals surface area contributed by atoms with Crippen molar-refractivity contribution < 1.29 is 14.3 Å². The van der Waals surface area contributed by atoms with Crippen molar-refractivity contribution in [2.24, 2.45) is 0 Å². The van der Waals surface area contributed by atoms with Gasteiger partial charge in [-0.3, -0.25) is 0 Å². The predicted octanol–water partition coefficient (Wildman–Crippen LogP) is 2.18. The molecule has 0 N–H and O–H groups in total. The average Bonchev–Trinajstić information content (AvgIpc) is 2.81. The van der Waals surface area contributed by atoms with Gasteiger partial charge in [0.05, 0.1) is 5.97 Å². The predicted molar refractivity (Wildman–Crippen MR) is 63.6 cm³/mol. The summed E-state index contributed by atoms with van der Waals surface area (Å²) in [5.41, 5.74) is 0.727. The Balaban J connectivity index is 2.40. The third-order valence-corrected chi connectivity index (χ3v) is 3.09. The summed E-state index contributed by atoms with van der Waals surface area (Å²) < 4.78 is 12.7. The highest BCUT2D eigenvalue weighted by Gasteiger charge is 2.04. The summed E-state index contributed by atoms with van der Waals surface area (Å²) in [5.74, 6) is -1.59. The van der Waals surface area contributed by atoms with E-state index in [0.717, 1.165) is 0 Å². The lowest BCUT2D eigenvalue weighted by atomic mass is 10.1. The van der Waals surface area contributed by atoms with E-state index in [1.807, 2.05) is 0 Å². The first-order valence-corrected chi connectivity index (χ1v) is 5.77. The molecule has 0 spiro atoms. The minimum absolute atomic E-state index is 0.103. The van der Waals surface area contributed by atoms with Crippen LogP contribution in [0.25, 0.3) is 11.6 Å². The quantitative estimate of drug-likeness (QED) is 0.780. The van der Waals surface area contributed by atoms with Crippen LogP contribution in [0.5, 0.6) is 0 Å². The molecule has 2 nitrogen and oxygen atoms in total. The summed E-state index contributed by atoms with van der Waals surface area (Å²) in [6.45, 7) is 0. The van der Waals surface area contributed by atoms with Crippen molar-refractivity contribution >= 4 is 29.0 Å². The molecule has 1 heterocycles. The maximum absolute atomic E-state index is 12.7. The highest BCUT2D eigenvalue weighted by molar-refractivity contribution is 7.11. The van der Waals surface area contributed by atoms with E-state index >= 15 is 0 Å². The van der Waals surface area contributed by atoms with Crippen LogP contribution in [0, 0.1) is 5.82 Å². The van der Waals surface area contributed by atoms with E-state index in [4.69, 9.17) is 0 Å². The van der Waals surface area contributed by atoms with Crippen molar-refractivity contribution in [3.63, 3.8) is 0 Å². The number of hydrogen-bond donors (Lipinski definition) is 0. The second kappa shape index (κ2) is 4.93. The number of hydrogen-bond acceptors (Lipinski definition) is 3. The minimum atomic E-state index is -1.24. The Kier molecular flexibility index (Phi) is 3.35. The number of carbonyl (C=O) groups is 1. The SMILES string of the molecule is O=C([O-])C(=Cc1ccc(F)cc1)c1cccs1. The number of aliphatic carboxylic acids is 1. The molecule has 2 aromatic rings. The second-order valence-corrected chi connectivity index (χ2v) is 4.32. The van der Waals surface area contributed by atoms with Crippen molar-refractivity contribution in [2.45, 2.75) is 0 Å². The molecule has 4 heteroatoms. The number of rotatable bonds is 3. The van der Waals surface area contributed by atoms with Crippen LogP contribution in [0.4, 0.5) is 4.39 Å². The molecule has 0 fully saturated rings. The molecule has 0 saturated carbocycles. The van der Waals surface area contributed by atoms with Gasteiger partial charge in [-0.15, -0.1) is 11.3 Å². The lowest BCUT2D eigenvalue weighted by molar-refractivity contribution is -0.295. The van der Waals surface area contributed by atoms with Crippen LogP contribution >= 0.6 is 11.3 Å². The molecule has 0 saturated heterocycles. The number of thiophene rings is 1. The molecule has 1 aromatic carbocycles. The van der Waals surface area contributed by atoms with Gasteiger partial charge < -0.3 is 9.90 Å². The van der Waals surface area contributed by atoms with Gasteiger partial charge in [-0.05, 0) is 35.2 Å². The molecule has 0 amide bonds. The molecule has 1 aromatic heterocycles. The highest BCUT2D eigenvalue weighted by Crippen LogP contribution is 2.22. The smallest absolute Gasteiger partial charge is 0.123 e. The van der Waals surface area contributed by atoms with Gasteiger partial charge in [0.1, 0.15) is 5.82 Å². The van der Waals surface area contributed by atoms with Crippen LogP contribution < -0.4 is 5.11 Å². The fraction of sp³-hybridized carbons (Fsp3) is 0. The largest absolute Gasteiger partial charge is 0.545 e. The van der Waals surface area contributed by atoms with E-state index in [2.05, 4.69) is 0 Å². The summed E-state index contributed by atoms with van der Waals surface area (Å²) >= 11 is 1.32. The van der Waals surface area contributed by atoms with Crippen molar-refractivity contribution in [2.75, 3.05) is 0 Å². The Hall–Kier alpha value is -1.94. The Morgan fingerprint density at radius 3 is 2.47 bits per heavy atom. The van der Waals surface area contributed by atoms with Gasteiger partial charge in [-0.25, -0.2) is 4.39 Å². The molecule has 0 unspecified atom stereocenters. The van der Waals surface area contributed by atoms with Crippen LogP contribution in [0.15, 0.2) is 41.8 Å². The first-order chi connectivity index (χ1) is 8.16. The van der Waals surface area contributed by atoms with Gasteiger partial charge in [0.15, 0.2) is 0 Å². The van der Waals surface area contributed by atoms with E-state index < -0.39 is 5.97 Å². The second-order valence-electron chi connectivity index (χ2n) is 3.37. The molecular formula is C13H8FO2S-. The summed E-state index contributed by atoms with van der Waals surface area (Å²) in [5, 5.41) is 12.8. The molecule has 2 rings (SSSR count). The maximum atomic E-state index is 12.7. The summed E-state index contributed by atoms with van der Waals surface area (Å²) in [6.07, 6.45) is 1.47. The average molecular weight is 247 g/mol. The van der Waals surface area contributed by atoms with Crippen molar-refractivity contribution in [3.8, 4) is 0 Å². The van der Waals surface area contributed by atoms with Crippen LogP contribution in [0.3, 0.4) is 0 Å². The molecule has 0 radical (unpaired) electrons. The van der Waals surface area contributed by atoms with Crippen molar-refractivity contribution in [1.82, 2.24) is 0 Å². The minimum Gasteiger partial charge on any atom is -0.545 e. The Morgan fingerprint density at radius 1 is 1.24 bits per heavy atom. The highest BCUT2D eigenvalue weighted by atomic mass is 32.1. The monoisotopic (exact) mass is 247 g/mol. The standard InChI is InChI=1S/C13H9FO2S/c14-10-5-3-9(4-6-10)8-11(13(15)16)12-2-1-7-17-12/h1-8H,(H,15,16)/p-1. The lowest BCUT2D eigenvalue weighted by Crippen LogP contribution is -2.23. The summed E-state index contributed by atoms with van der Waals surface area (Å²) in [7, 11) is 0. The van der Waals surface area contributed by atoms with E-state index in [1.165, 1.54) is 41.7 Å². The van der Waals surface area contributed by atoms with E-state index in [0.29, 0.717) is 10.4 Å². The van der Waals surface area contributed by atoms with Crippen LogP contribution in [-0.2, 0) is 4.79 Å². The Labute approximate surface area is 102 Å². The Morgan fingerprint density at radius 2 is 1.94 bits per heavy atom. The van der Waals surface area contributed by atoms with E-state index in [1.54, 1.807) is 17.5 Å². The Bertz CT molecular complexity index is 541. The van der Waals surface area contributed by atoms with Crippen LogP contribution in [-0.4, -0.2) is 5.97 Å². The zero-order valence-electron chi connectivity index (χ0n) is 8.72. The first-order valence-electron chi connectivity index (χ1n) is 4.89. The molecule has 17 heavy (non-hydrogen) atoms. The molecule has 0 aliphatic rings. The number of carboxylic acids is 1. The molecule has 0 aliphatic heterocycles. The van der Waals surface area contributed by atoms with Gasteiger partial charge in [-0.2, -0.15) is 0 Å². The molecule has 0 atom stereocenters. The number of carbonyl (C=O) groups excluding carboxylic acids is 1. The third-order valence-electron chi connectivity index (χ3n) is 2.19. The lowest BCUT2D eigenvalue weighted by Gasteiger charge is -2.06. The van der Waals surface area contributed by atoms with Crippen molar-refractivity contribution in [1.29, 1.82) is 0 Å². The number of halogens is 1. The van der Waals surface area contributed by atoms with Gasteiger partial charge in [0.2, 0.25) is 0 Å². The zero-order valence-corrected chi connectivity index (χ0v) is 9.54. The summed E-state index contributed by atoms with van der Waals surface area (Å²) in [4.78, 5) is 11.6. The van der Waals surface area contributed by atoms with Crippen molar-refractivity contribution in [3.05, 3.63) is 58.0 Å². The molecule has 86 valence electrons. The van der Waals surface area contributed by atoms with E-state index in [9.17, 15) is 14.3 Å². The molecular weight excluding hydrogens is 239 g/mol. The van der Waals surface area contributed by atoms with Crippen LogP contribution in [0.1, 0.15) is 10.4 Å². The zero-order chi connectivity index (χ0) is 12.3. The van der Waals surface area contributed by atoms with Gasteiger partial charge in [-0.1, -0.05) is 18.2 Å². The third kappa shape index (κ3) is 2.79. The fourth-order valence-corrected chi connectivity index (χ4v) is 2.12. The van der Waals surface area contributed by atoms with Gasteiger partial charge in [0.25, 0.3) is 0 Å². The summed E-state index contributed by atoms with van der Waals surface area (Å²) in [6, 6.07) is 9.08.